The Morgan fingerprint density at radius 2 is 2.18 bits per heavy atom. The Hall–Kier alpha value is -1.43. The predicted octanol–water partition coefficient (Wildman–Crippen LogP) is 1.03. The van der Waals surface area contributed by atoms with Crippen molar-refractivity contribution >= 4 is 5.91 Å². The summed E-state index contributed by atoms with van der Waals surface area (Å²) in [5, 5.41) is 7.93. The number of aromatic nitrogens is 3. The third-order valence-corrected chi connectivity index (χ3v) is 3.23. The Kier molecular flexibility index (Phi) is 3.73. The third kappa shape index (κ3) is 2.46. The molecule has 0 radical (unpaired) electrons. The Morgan fingerprint density at radius 1 is 1.47 bits per heavy atom. The molecule has 0 unspecified atom stereocenters. The van der Waals surface area contributed by atoms with Gasteiger partial charge >= 0.3 is 0 Å². The third-order valence-electron chi connectivity index (χ3n) is 3.23. The number of amides is 1. The zero-order valence-corrected chi connectivity index (χ0v) is 10.1. The molecule has 1 amide bonds. The molecule has 0 aliphatic heterocycles. The lowest BCUT2D eigenvalue weighted by Crippen LogP contribution is -2.19. The minimum Gasteiger partial charge on any atom is -0.378 e. The van der Waals surface area contributed by atoms with Crippen molar-refractivity contribution in [2.75, 3.05) is 7.11 Å². The SMILES string of the molecule is COCc1c(C(N)=O)nnn1C1CCCCC1. The van der Waals surface area contributed by atoms with Gasteiger partial charge in [-0.25, -0.2) is 4.68 Å². The first-order valence-electron chi connectivity index (χ1n) is 5.97. The second-order valence-electron chi connectivity index (χ2n) is 4.42. The van der Waals surface area contributed by atoms with E-state index in [0.717, 1.165) is 12.8 Å². The maximum absolute atomic E-state index is 11.2. The lowest BCUT2D eigenvalue weighted by atomic mass is 9.95. The van der Waals surface area contributed by atoms with E-state index in [2.05, 4.69) is 10.3 Å². The van der Waals surface area contributed by atoms with Crippen LogP contribution in [0.3, 0.4) is 0 Å². The summed E-state index contributed by atoms with van der Waals surface area (Å²) in [5.41, 5.74) is 6.21. The molecule has 1 saturated carbocycles. The summed E-state index contributed by atoms with van der Waals surface area (Å²) in [6, 6.07) is 0.328. The number of primary amides is 1. The van der Waals surface area contributed by atoms with Crippen molar-refractivity contribution in [1.82, 2.24) is 15.0 Å². The van der Waals surface area contributed by atoms with E-state index >= 15 is 0 Å². The topological polar surface area (TPSA) is 83.0 Å². The van der Waals surface area contributed by atoms with Gasteiger partial charge in [-0.3, -0.25) is 4.79 Å². The van der Waals surface area contributed by atoms with Gasteiger partial charge in [0.25, 0.3) is 5.91 Å². The Bertz CT molecular complexity index is 396. The van der Waals surface area contributed by atoms with E-state index in [1.54, 1.807) is 7.11 Å². The van der Waals surface area contributed by atoms with E-state index in [9.17, 15) is 4.79 Å². The van der Waals surface area contributed by atoms with Crippen molar-refractivity contribution < 1.29 is 9.53 Å². The van der Waals surface area contributed by atoms with Crippen LogP contribution in [0, 0.1) is 0 Å². The van der Waals surface area contributed by atoms with Gasteiger partial charge in [-0.15, -0.1) is 5.10 Å². The molecular weight excluding hydrogens is 220 g/mol. The van der Waals surface area contributed by atoms with Crippen molar-refractivity contribution in [3.05, 3.63) is 11.4 Å². The van der Waals surface area contributed by atoms with Crippen LogP contribution in [-0.4, -0.2) is 28.0 Å². The number of ether oxygens (including phenoxy) is 1. The molecule has 0 saturated heterocycles. The molecule has 2 N–H and O–H groups in total. The van der Waals surface area contributed by atoms with Crippen molar-refractivity contribution in [2.45, 2.75) is 44.8 Å². The molecule has 0 bridgehead atoms. The molecule has 0 spiro atoms. The quantitative estimate of drug-likeness (QED) is 0.849. The van der Waals surface area contributed by atoms with Crippen LogP contribution in [0.5, 0.6) is 0 Å². The number of hydrogen-bond acceptors (Lipinski definition) is 4. The normalized spacial score (nSPS) is 17.2. The van der Waals surface area contributed by atoms with Gasteiger partial charge in [-0.1, -0.05) is 24.5 Å². The zero-order chi connectivity index (χ0) is 12.3. The molecule has 6 heteroatoms. The lowest BCUT2D eigenvalue weighted by molar-refractivity contribution is 0.0989. The lowest BCUT2D eigenvalue weighted by Gasteiger charge is -2.23. The van der Waals surface area contributed by atoms with E-state index < -0.39 is 5.91 Å². The first-order valence-corrected chi connectivity index (χ1v) is 5.97. The summed E-state index contributed by atoms with van der Waals surface area (Å²) in [7, 11) is 1.59. The van der Waals surface area contributed by atoms with Gasteiger partial charge in [-0.2, -0.15) is 0 Å². The van der Waals surface area contributed by atoms with Crippen LogP contribution in [0.4, 0.5) is 0 Å². The van der Waals surface area contributed by atoms with Crippen LogP contribution < -0.4 is 5.73 Å². The average molecular weight is 238 g/mol. The Morgan fingerprint density at radius 3 is 2.76 bits per heavy atom. The minimum atomic E-state index is -0.542. The highest BCUT2D eigenvalue weighted by molar-refractivity contribution is 5.91. The summed E-state index contributed by atoms with van der Waals surface area (Å²) in [5.74, 6) is -0.542. The van der Waals surface area contributed by atoms with Gasteiger partial charge in [0.05, 0.1) is 18.3 Å². The maximum Gasteiger partial charge on any atom is 0.271 e. The molecule has 0 aromatic carbocycles. The van der Waals surface area contributed by atoms with Crippen LogP contribution in [0.25, 0.3) is 0 Å². The summed E-state index contributed by atoms with van der Waals surface area (Å²) >= 11 is 0. The highest BCUT2D eigenvalue weighted by Crippen LogP contribution is 2.29. The van der Waals surface area contributed by atoms with Crippen molar-refractivity contribution in [3.8, 4) is 0 Å². The maximum atomic E-state index is 11.2. The zero-order valence-electron chi connectivity index (χ0n) is 10.1. The highest BCUT2D eigenvalue weighted by Gasteiger charge is 2.23. The average Bonchev–Trinajstić information content (AvgIpc) is 2.75. The van der Waals surface area contributed by atoms with Gasteiger partial charge in [-0.05, 0) is 12.8 Å². The Labute approximate surface area is 100 Å². The van der Waals surface area contributed by atoms with E-state index in [1.807, 2.05) is 4.68 Å². The number of rotatable bonds is 4. The van der Waals surface area contributed by atoms with Crippen molar-refractivity contribution in [1.29, 1.82) is 0 Å². The van der Waals surface area contributed by atoms with E-state index in [1.165, 1.54) is 19.3 Å². The van der Waals surface area contributed by atoms with Gasteiger partial charge in [0.15, 0.2) is 5.69 Å². The van der Waals surface area contributed by atoms with Crippen LogP contribution in [0.15, 0.2) is 0 Å². The Balaban J connectivity index is 2.28. The van der Waals surface area contributed by atoms with Crippen LogP contribution in [-0.2, 0) is 11.3 Å². The minimum absolute atomic E-state index is 0.234. The highest BCUT2D eigenvalue weighted by atomic mass is 16.5. The van der Waals surface area contributed by atoms with Gasteiger partial charge < -0.3 is 10.5 Å². The molecule has 1 aliphatic rings. The molecule has 2 rings (SSSR count). The number of carbonyl (C=O) groups is 1. The number of carbonyl (C=O) groups excluding carboxylic acids is 1. The summed E-state index contributed by atoms with van der Waals surface area (Å²) < 4.78 is 6.92. The van der Waals surface area contributed by atoms with Gasteiger partial charge in [0.1, 0.15) is 0 Å². The van der Waals surface area contributed by atoms with E-state index in [0.29, 0.717) is 18.3 Å². The van der Waals surface area contributed by atoms with Crippen LogP contribution in [0.1, 0.15) is 54.3 Å². The molecule has 6 nitrogen and oxygen atoms in total. The molecule has 94 valence electrons. The molecular formula is C11H18N4O2. The fourth-order valence-corrected chi connectivity index (χ4v) is 2.39. The van der Waals surface area contributed by atoms with Gasteiger partial charge in [0.2, 0.25) is 0 Å². The molecule has 1 aromatic heterocycles. The standard InChI is InChI=1S/C11H18N4O2/c1-17-7-9-10(11(12)16)13-14-15(9)8-5-3-2-4-6-8/h8H,2-7H2,1H3,(H2,12,16). The fourth-order valence-electron chi connectivity index (χ4n) is 2.39. The second-order valence-corrected chi connectivity index (χ2v) is 4.42. The fraction of sp³-hybridized carbons (Fsp3) is 0.727. The molecule has 1 aliphatic carbocycles. The monoisotopic (exact) mass is 238 g/mol. The number of nitrogens with zero attached hydrogens (tertiary/aromatic N) is 3. The molecule has 0 atom stereocenters. The van der Waals surface area contributed by atoms with E-state index in [-0.39, 0.29) is 5.69 Å². The van der Waals surface area contributed by atoms with E-state index in [4.69, 9.17) is 10.5 Å². The number of nitrogens with two attached hydrogens (primary N) is 1. The number of methoxy groups -OCH3 is 1. The molecule has 1 heterocycles. The van der Waals surface area contributed by atoms with Gasteiger partial charge in [0, 0.05) is 7.11 Å². The first-order chi connectivity index (χ1) is 8.24. The predicted molar refractivity (Wildman–Crippen MR) is 61.4 cm³/mol. The largest absolute Gasteiger partial charge is 0.378 e. The molecule has 17 heavy (non-hydrogen) atoms. The first kappa shape index (κ1) is 12.0. The smallest absolute Gasteiger partial charge is 0.271 e. The second kappa shape index (κ2) is 5.27. The molecule has 1 fully saturated rings. The van der Waals surface area contributed by atoms with Crippen molar-refractivity contribution in [3.63, 3.8) is 0 Å². The van der Waals surface area contributed by atoms with Crippen molar-refractivity contribution in [2.24, 2.45) is 5.73 Å². The summed E-state index contributed by atoms with van der Waals surface area (Å²) in [4.78, 5) is 11.2. The summed E-state index contributed by atoms with van der Waals surface area (Å²) in [6.07, 6.45) is 5.83. The van der Waals surface area contributed by atoms with Crippen LogP contribution in [0.2, 0.25) is 0 Å². The molecule has 1 aromatic rings. The number of hydrogen-bond donors (Lipinski definition) is 1. The summed E-state index contributed by atoms with van der Waals surface area (Å²) in [6.45, 7) is 0.321. The van der Waals surface area contributed by atoms with Crippen LogP contribution >= 0.6 is 0 Å².